The lowest BCUT2D eigenvalue weighted by Crippen LogP contribution is -2.22. The van der Waals surface area contributed by atoms with Crippen molar-refractivity contribution in [2.24, 2.45) is 7.05 Å². The highest BCUT2D eigenvalue weighted by molar-refractivity contribution is 7.98. The molecule has 3 rings (SSSR count). The molecule has 0 amide bonds. The average molecular weight is 395 g/mol. The lowest BCUT2D eigenvalue weighted by molar-refractivity contribution is 0.520. The summed E-state index contributed by atoms with van der Waals surface area (Å²) in [6.45, 7) is 0. The molecule has 0 aliphatic carbocycles. The molecule has 0 atom stereocenters. The number of hydrogen-bond acceptors (Lipinski definition) is 6. The molecule has 0 saturated carbocycles. The Hall–Kier alpha value is -1.68. The van der Waals surface area contributed by atoms with Crippen LogP contribution in [0, 0.1) is 0 Å². The van der Waals surface area contributed by atoms with E-state index in [1.807, 2.05) is 35.2 Å². The largest absolute Gasteiger partial charge is 0.304 e. The first-order chi connectivity index (χ1) is 11.9. The van der Waals surface area contributed by atoms with Crippen LogP contribution in [-0.2, 0) is 22.8 Å². The fraction of sp³-hybridized carbons (Fsp3) is 0.250. The molecule has 2 heterocycles. The molecule has 0 N–H and O–H groups in total. The third kappa shape index (κ3) is 3.79. The van der Waals surface area contributed by atoms with Crippen molar-refractivity contribution in [3.8, 4) is 10.7 Å². The van der Waals surface area contributed by atoms with Gasteiger partial charge in [0.1, 0.15) is 0 Å². The Balaban J connectivity index is 1.77. The summed E-state index contributed by atoms with van der Waals surface area (Å²) < 4.78 is 27.7. The number of nitrogens with zero attached hydrogens (tertiary/aromatic N) is 4. The number of benzene rings is 1. The summed E-state index contributed by atoms with van der Waals surface area (Å²) in [6, 6.07) is 11.0. The van der Waals surface area contributed by atoms with Crippen LogP contribution in [0.5, 0.6) is 0 Å². The van der Waals surface area contributed by atoms with E-state index in [0.29, 0.717) is 10.6 Å². The Morgan fingerprint density at radius 3 is 2.68 bits per heavy atom. The van der Waals surface area contributed by atoms with Crippen LogP contribution < -0.4 is 0 Å². The minimum absolute atomic E-state index is 0.299. The Labute approximate surface area is 155 Å². The number of thiophene rings is 1. The molecule has 1 aromatic carbocycles. The zero-order valence-corrected chi connectivity index (χ0v) is 16.5. The first-order valence-electron chi connectivity index (χ1n) is 7.47. The predicted octanol–water partition coefficient (Wildman–Crippen LogP) is 3.09. The maximum atomic E-state index is 12.2. The predicted molar refractivity (Wildman–Crippen MR) is 101 cm³/mol. The van der Waals surface area contributed by atoms with Gasteiger partial charge in [0, 0.05) is 26.9 Å². The molecule has 0 fully saturated rings. The second-order valence-corrected chi connectivity index (χ2v) is 9.61. The molecule has 2 aromatic heterocycles. The average Bonchev–Trinajstić information content (AvgIpc) is 3.23. The number of thioether (sulfide) groups is 1. The van der Waals surface area contributed by atoms with Gasteiger partial charge in [0.05, 0.1) is 9.77 Å². The first-order valence-corrected chi connectivity index (χ1v) is 10.8. The topological polar surface area (TPSA) is 68.1 Å². The maximum absolute atomic E-state index is 12.2. The molecule has 9 heteroatoms. The van der Waals surface area contributed by atoms with Crippen molar-refractivity contribution in [1.29, 1.82) is 0 Å². The van der Waals surface area contributed by atoms with Gasteiger partial charge in [0.15, 0.2) is 11.0 Å². The van der Waals surface area contributed by atoms with Crippen molar-refractivity contribution in [1.82, 2.24) is 19.1 Å². The van der Waals surface area contributed by atoms with Gasteiger partial charge >= 0.3 is 0 Å². The Bertz CT molecular complexity index is 963. The van der Waals surface area contributed by atoms with E-state index in [4.69, 9.17) is 0 Å². The second-order valence-electron chi connectivity index (χ2n) is 5.57. The third-order valence-electron chi connectivity index (χ3n) is 3.62. The highest BCUT2D eigenvalue weighted by Gasteiger charge is 2.17. The molecule has 132 valence electrons. The van der Waals surface area contributed by atoms with Crippen LogP contribution in [-0.4, -0.2) is 41.6 Å². The molecular weight excluding hydrogens is 376 g/mol. The zero-order valence-electron chi connectivity index (χ0n) is 14.1. The molecule has 0 aliphatic heterocycles. The molecule has 0 bridgehead atoms. The fourth-order valence-electron chi connectivity index (χ4n) is 2.22. The summed E-state index contributed by atoms with van der Waals surface area (Å²) in [7, 11) is 1.57. The van der Waals surface area contributed by atoms with Gasteiger partial charge in [-0.2, -0.15) is 0 Å². The van der Waals surface area contributed by atoms with Gasteiger partial charge in [-0.05, 0) is 29.1 Å². The van der Waals surface area contributed by atoms with Crippen molar-refractivity contribution in [2.75, 3.05) is 14.1 Å². The maximum Gasteiger partial charge on any atom is 0.242 e. The fourth-order valence-corrected chi connectivity index (χ4v) is 4.79. The summed E-state index contributed by atoms with van der Waals surface area (Å²) in [5.41, 5.74) is 0.925. The van der Waals surface area contributed by atoms with Crippen LogP contribution >= 0.6 is 23.1 Å². The van der Waals surface area contributed by atoms with E-state index in [9.17, 15) is 8.42 Å². The van der Waals surface area contributed by atoms with Crippen LogP contribution in [0.15, 0.2) is 51.8 Å². The Kier molecular flexibility index (Phi) is 5.28. The van der Waals surface area contributed by atoms with Crippen LogP contribution in [0.4, 0.5) is 0 Å². The van der Waals surface area contributed by atoms with Crippen LogP contribution in [0.2, 0.25) is 0 Å². The smallest absolute Gasteiger partial charge is 0.242 e. The van der Waals surface area contributed by atoms with Gasteiger partial charge in [-0.1, -0.05) is 30.0 Å². The molecule has 0 unspecified atom stereocenters. The quantitative estimate of drug-likeness (QED) is 0.601. The summed E-state index contributed by atoms with van der Waals surface area (Å²) in [4.78, 5) is 1.37. The highest BCUT2D eigenvalue weighted by atomic mass is 32.2. The van der Waals surface area contributed by atoms with Crippen molar-refractivity contribution in [3.63, 3.8) is 0 Å². The number of aromatic nitrogens is 3. The highest BCUT2D eigenvalue weighted by Crippen LogP contribution is 2.28. The van der Waals surface area contributed by atoms with Gasteiger partial charge in [0.2, 0.25) is 10.0 Å². The Morgan fingerprint density at radius 2 is 2.00 bits per heavy atom. The Morgan fingerprint density at radius 1 is 1.20 bits per heavy atom. The monoisotopic (exact) mass is 394 g/mol. The van der Waals surface area contributed by atoms with E-state index in [0.717, 1.165) is 21.4 Å². The molecule has 25 heavy (non-hydrogen) atoms. The van der Waals surface area contributed by atoms with Crippen LogP contribution in [0.3, 0.4) is 0 Å². The first kappa shape index (κ1) is 18.1. The van der Waals surface area contributed by atoms with E-state index < -0.39 is 10.0 Å². The van der Waals surface area contributed by atoms with E-state index >= 15 is 0 Å². The summed E-state index contributed by atoms with van der Waals surface area (Å²) in [5.74, 6) is 1.45. The van der Waals surface area contributed by atoms with Gasteiger partial charge in [-0.3, -0.25) is 0 Å². The van der Waals surface area contributed by atoms with Gasteiger partial charge < -0.3 is 4.57 Å². The van der Waals surface area contributed by atoms with E-state index in [1.54, 1.807) is 29.5 Å². The molecule has 0 saturated heterocycles. The summed E-state index contributed by atoms with van der Waals surface area (Å²) in [5, 5.41) is 11.3. The van der Waals surface area contributed by atoms with Crippen molar-refractivity contribution < 1.29 is 8.42 Å². The van der Waals surface area contributed by atoms with E-state index in [2.05, 4.69) is 10.2 Å². The number of rotatable bonds is 6. The number of hydrogen-bond donors (Lipinski definition) is 0. The van der Waals surface area contributed by atoms with Gasteiger partial charge in [0.25, 0.3) is 0 Å². The standard InChI is InChI=1S/C16H18N4O2S3/c1-19(2)25(21,22)13-7-4-6-12(10-13)11-24-16-18-17-15(20(16)3)14-8-5-9-23-14/h4-10H,11H2,1-3H3. The summed E-state index contributed by atoms with van der Waals surface area (Å²) >= 11 is 3.15. The lowest BCUT2D eigenvalue weighted by atomic mass is 10.2. The van der Waals surface area contributed by atoms with E-state index in [-0.39, 0.29) is 0 Å². The van der Waals surface area contributed by atoms with Crippen molar-refractivity contribution >= 4 is 33.1 Å². The number of sulfonamides is 1. The molecular formula is C16H18N4O2S3. The van der Waals surface area contributed by atoms with Crippen LogP contribution in [0.1, 0.15) is 5.56 Å². The molecule has 0 aliphatic rings. The third-order valence-corrected chi connectivity index (χ3v) is 7.39. The molecule has 0 radical (unpaired) electrons. The van der Waals surface area contributed by atoms with Gasteiger partial charge in [-0.15, -0.1) is 21.5 Å². The minimum Gasteiger partial charge on any atom is -0.304 e. The van der Waals surface area contributed by atoms with Crippen molar-refractivity contribution in [2.45, 2.75) is 15.8 Å². The minimum atomic E-state index is -3.42. The normalized spacial score (nSPS) is 12.0. The second kappa shape index (κ2) is 7.28. The van der Waals surface area contributed by atoms with Gasteiger partial charge in [-0.25, -0.2) is 12.7 Å². The zero-order chi connectivity index (χ0) is 18.0. The summed E-state index contributed by atoms with van der Waals surface area (Å²) in [6.07, 6.45) is 0. The molecule has 0 spiro atoms. The van der Waals surface area contributed by atoms with Crippen molar-refractivity contribution in [3.05, 3.63) is 47.3 Å². The molecule has 6 nitrogen and oxygen atoms in total. The van der Waals surface area contributed by atoms with E-state index in [1.165, 1.54) is 30.2 Å². The SMILES string of the molecule is CN(C)S(=O)(=O)c1cccc(CSc2nnc(-c3cccs3)n2C)c1. The lowest BCUT2D eigenvalue weighted by Gasteiger charge is -2.12. The van der Waals surface area contributed by atoms with Crippen LogP contribution in [0.25, 0.3) is 10.7 Å². The molecule has 3 aromatic rings.